The summed E-state index contributed by atoms with van der Waals surface area (Å²) in [6.07, 6.45) is 0. The normalized spacial score (nSPS) is 11.2. The summed E-state index contributed by atoms with van der Waals surface area (Å²) in [7, 11) is 1.94. The molecular formula is C21H22F2N2O3. The first-order valence-corrected chi connectivity index (χ1v) is 8.95. The monoisotopic (exact) mass is 388 g/mol. The molecule has 0 aliphatic rings. The third-order valence-corrected chi connectivity index (χ3v) is 4.03. The molecule has 0 atom stereocenters. The molecule has 0 unspecified atom stereocenters. The predicted octanol–water partition coefficient (Wildman–Crippen LogP) is 4.97. The number of benzene rings is 2. The molecule has 0 saturated heterocycles. The molecule has 148 valence electrons. The topological polar surface area (TPSA) is 47.7 Å². The fourth-order valence-corrected chi connectivity index (χ4v) is 2.88. The van der Waals surface area contributed by atoms with E-state index >= 15 is 0 Å². The Labute approximate surface area is 162 Å². The zero-order chi connectivity index (χ0) is 19.9. The molecule has 0 aliphatic carbocycles. The summed E-state index contributed by atoms with van der Waals surface area (Å²) < 4.78 is 40.4. The maximum absolute atomic E-state index is 12.5. The van der Waals surface area contributed by atoms with E-state index in [1.165, 1.54) is 6.07 Å². The lowest BCUT2D eigenvalue weighted by Crippen LogP contribution is -2.17. The summed E-state index contributed by atoms with van der Waals surface area (Å²) in [5.41, 5.74) is 2.70. The quantitative estimate of drug-likeness (QED) is 0.518. The minimum Gasteiger partial charge on any atom is -0.490 e. The Hall–Kier alpha value is -2.93. The number of hydrogen-bond donors (Lipinski definition) is 0. The van der Waals surface area contributed by atoms with Crippen molar-refractivity contribution in [2.45, 2.75) is 26.6 Å². The maximum Gasteiger partial charge on any atom is 0.387 e. The van der Waals surface area contributed by atoms with Gasteiger partial charge in [0.1, 0.15) is 5.69 Å². The van der Waals surface area contributed by atoms with Gasteiger partial charge in [0.2, 0.25) is 0 Å². The van der Waals surface area contributed by atoms with Gasteiger partial charge in [0, 0.05) is 18.2 Å². The van der Waals surface area contributed by atoms with Crippen molar-refractivity contribution in [3.8, 4) is 22.8 Å². The Morgan fingerprint density at radius 2 is 1.82 bits per heavy atom. The molecule has 0 spiro atoms. The standard InChI is InChI=1S/C21H22F2N2O3/c1-3-26-20-11-15(9-10-19(20)27-21(22)23)13-25(2)14-17-12-18(24-28-17)16-7-5-4-6-8-16/h4-12,21H,3,13-14H2,1-2H3. The molecule has 3 aromatic rings. The first kappa shape index (κ1) is 19.8. The van der Waals surface area contributed by atoms with E-state index in [1.54, 1.807) is 19.1 Å². The zero-order valence-corrected chi connectivity index (χ0v) is 15.8. The minimum absolute atomic E-state index is 0.0333. The van der Waals surface area contributed by atoms with Crippen molar-refractivity contribution in [3.63, 3.8) is 0 Å². The number of aromatic nitrogens is 1. The highest BCUT2D eigenvalue weighted by molar-refractivity contribution is 5.58. The van der Waals surface area contributed by atoms with Crippen LogP contribution in [0.2, 0.25) is 0 Å². The van der Waals surface area contributed by atoms with Gasteiger partial charge in [-0.3, -0.25) is 4.90 Å². The second-order valence-corrected chi connectivity index (χ2v) is 6.31. The molecule has 0 fully saturated rings. The van der Waals surface area contributed by atoms with Crippen LogP contribution < -0.4 is 9.47 Å². The smallest absolute Gasteiger partial charge is 0.387 e. The average molecular weight is 388 g/mol. The Balaban J connectivity index is 1.65. The lowest BCUT2D eigenvalue weighted by Gasteiger charge is -2.17. The Kier molecular flexibility index (Phi) is 6.60. The molecule has 7 heteroatoms. The highest BCUT2D eigenvalue weighted by Crippen LogP contribution is 2.30. The number of ether oxygens (including phenoxy) is 2. The van der Waals surface area contributed by atoms with E-state index in [-0.39, 0.29) is 5.75 Å². The van der Waals surface area contributed by atoms with Crippen LogP contribution in [0, 0.1) is 0 Å². The van der Waals surface area contributed by atoms with Crippen LogP contribution in [0.4, 0.5) is 8.78 Å². The van der Waals surface area contributed by atoms with Crippen LogP contribution in [-0.4, -0.2) is 30.3 Å². The van der Waals surface area contributed by atoms with Gasteiger partial charge in [0.25, 0.3) is 0 Å². The van der Waals surface area contributed by atoms with E-state index in [1.807, 2.05) is 48.3 Å². The third-order valence-electron chi connectivity index (χ3n) is 4.03. The molecule has 0 bridgehead atoms. The van der Waals surface area contributed by atoms with Crippen molar-refractivity contribution in [2.75, 3.05) is 13.7 Å². The number of halogens is 2. The summed E-state index contributed by atoms with van der Waals surface area (Å²) in [5, 5.41) is 4.11. The third kappa shape index (κ3) is 5.29. The first-order valence-electron chi connectivity index (χ1n) is 8.95. The lowest BCUT2D eigenvalue weighted by molar-refractivity contribution is -0.0514. The van der Waals surface area contributed by atoms with Crippen molar-refractivity contribution in [3.05, 3.63) is 65.9 Å². The molecule has 5 nitrogen and oxygen atoms in total. The molecule has 0 amide bonds. The number of alkyl halides is 2. The van der Waals surface area contributed by atoms with E-state index in [9.17, 15) is 8.78 Å². The first-order chi connectivity index (χ1) is 13.5. The summed E-state index contributed by atoms with van der Waals surface area (Å²) >= 11 is 0. The van der Waals surface area contributed by atoms with Crippen molar-refractivity contribution in [2.24, 2.45) is 0 Å². The van der Waals surface area contributed by atoms with Crippen LogP contribution in [0.25, 0.3) is 11.3 Å². The molecule has 3 rings (SSSR count). The zero-order valence-electron chi connectivity index (χ0n) is 15.8. The van der Waals surface area contributed by atoms with Crippen LogP contribution in [0.15, 0.2) is 59.1 Å². The molecule has 0 saturated carbocycles. The largest absolute Gasteiger partial charge is 0.490 e. The van der Waals surface area contributed by atoms with Gasteiger partial charge in [0.05, 0.1) is 13.2 Å². The summed E-state index contributed by atoms with van der Waals surface area (Å²) in [6, 6.07) is 16.7. The van der Waals surface area contributed by atoms with Gasteiger partial charge in [-0.1, -0.05) is 41.6 Å². The van der Waals surface area contributed by atoms with Crippen molar-refractivity contribution in [1.29, 1.82) is 0 Å². The van der Waals surface area contributed by atoms with Crippen LogP contribution in [0.1, 0.15) is 18.2 Å². The van der Waals surface area contributed by atoms with E-state index in [2.05, 4.69) is 9.89 Å². The Bertz CT molecular complexity index is 884. The van der Waals surface area contributed by atoms with E-state index in [4.69, 9.17) is 9.26 Å². The molecular weight excluding hydrogens is 366 g/mol. The van der Waals surface area contributed by atoms with Crippen molar-refractivity contribution < 1.29 is 22.8 Å². The van der Waals surface area contributed by atoms with Crippen molar-refractivity contribution >= 4 is 0 Å². The predicted molar refractivity (Wildman–Crippen MR) is 101 cm³/mol. The fraction of sp³-hybridized carbons (Fsp3) is 0.286. The van der Waals surface area contributed by atoms with Crippen molar-refractivity contribution in [1.82, 2.24) is 10.1 Å². The van der Waals surface area contributed by atoms with E-state index in [0.29, 0.717) is 25.4 Å². The Morgan fingerprint density at radius 1 is 1.04 bits per heavy atom. The van der Waals surface area contributed by atoms with Crippen LogP contribution in [0.3, 0.4) is 0 Å². The number of rotatable bonds is 9. The van der Waals surface area contributed by atoms with Gasteiger partial charge in [-0.25, -0.2) is 0 Å². The molecule has 2 aromatic carbocycles. The van der Waals surface area contributed by atoms with Gasteiger partial charge < -0.3 is 14.0 Å². The minimum atomic E-state index is -2.89. The second-order valence-electron chi connectivity index (χ2n) is 6.31. The molecule has 28 heavy (non-hydrogen) atoms. The van der Waals surface area contributed by atoms with Gasteiger partial charge in [0.15, 0.2) is 17.3 Å². The molecule has 1 aromatic heterocycles. The molecule has 1 heterocycles. The fourth-order valence-electron chi connectivity index (χ4n) is 2.88. The molecule has 0 N–H and O–H groups in total. The maximum atomic E-state index is 12.5. The van der Waals surface area contributed by atoms with E-state index < -0.39 is 6.61 Å². The average Bonchev–Trinajstić information content (AvgIpc) is 3.13. The summed E-state index contributed by atoms with van der Waals surface area (Å²) in [5.74, 6) is 1.08. The van der Waals surface area contributed by atoms with Crippen LogP contribution in [-0.2, 0) is 13.1 Å². The molecule has 0 radical (unpaired) electrons. The second kappa shape index (κ2) is 9.32. The number of nitrogens with zero attached hydrogens (tertiary/aromatic N) is 2. The highest BCUT2D eigenvalue weighted by atomic mass is 19.3. The highest BCUT2D eigenvalue weighted by Gasteiger charge is 2.13. The van der Waals surface area contributed by atoms with Gasteiger partial charge >= 0.3 is 6.61 Å². The SMILES string of the molecule is CCOc1cc(CN(C)Cc2cc(-c3ccccc3)no2)ccc1OC(F)F. The van der Waals surface area contributed by atoms with Gasteiger partial charge in [-0.2, -0.15) is 8.78 Å². The van der Waals surface area contributed by atoms with Crippen LogP contribution in [0.5, 0.6) is 11.5 Å². The lowest BCUT2D eigenvalue weighted by atomic mass is 10.1. The summed E-state index contributed by atoms with van der Waals surface area (Å²) in [6.45, 7) is 0.395. The Morgan fingerprint density at radius 3 is 2.54 bits per heavy atom. The van der Waals surface area contributed by atoms with Gasteiger partial charge in [-0.15, -0.1) is 0 Å². The molecule has 0 aliphatic heterocycles. The van der Waals surface area contributed by atoms with Gasteiger partial charge in [-0.05, 0) is 31.7 Å². The van der Waals surface area contributed by atoms with Crippen LogP contribution >= 0.6 is 0 Å². The number of hydrogen-bond acceptors (Lipinski definition) is 5. The summed E-state index contributed by atoms with van der Waals surface area (Å²) in [4.78, 5) is 2.04. The van der Waals surface area contributed by atoms with E-state index in [0.717, 1.165) is 22.6 Å².